The topological polar surface area (TPSA) is 78.4 Å². The number of hydrogen-bond acceptors (Lipinski definition) is 4. The van der Waals surface area contributed by atoms with Gasteiger partial charge in [-0.2, -0.15) is 0 Å². The number of nitrogens with zero attached hydrogens (tertiary/aromatic N) is 1. The number of rotatable bonds is 4. The molecule has 1 saturated carbocycles. The first kappa shape index (κ1) is 13.8. The summed E-state index contributed by atoms with van der Waals surface area (Å²) >= 11 is 0. The second kappa shape index (κ2) is 6.02. The number of nitro benzene ring substituents is 1. The van der Waals surface area contributed by atoms with Crippen molar-refractivity contribution in [2.24, 2.45) is 11.7 Å². The van der Waals surface area contributed by atoms with Gasteiger partial charge in [-0.05, 0) is 44.4 Å². The first-order valence-electron chi connectivity index (χ1n) is 6.73. The molecule has 0 saturated heterocycles. The van der Waals surface area contributed by atoms with Crippen LogP contribution in [0.5, 0.6) is 5.75 Å². The Balaban J connectivity index is 2.21. The zero-order valence-corrected chi connectivity index (χ0v) is 11.2. The lowest BCUT2D eigenvalue weighted by atomic mass is 9.86. The zero-order valence-electron chi connectivity index (χ0n) is 11.2. The fraction of sp³-hybridized carbons (Fsp3) is 0.571. The van der Waals surface area contributed by atoms with Crippen LogP contribution in [0.25, 0.3) is 0 Å². The molecule has 2 unspecified atom stereocenters. The highest BCUT2D eigenvalue weighted by atomic mass is 16.6. The van der Waals surface area contributed by atoms with Crippen LogP contribution in [0.15, 0.2) is 18.2 Å². The van der Waals surface area contributed by atoms with E-state index in [1.165, 1.54) is 6.07 Å². The maximum Gasteiger partial charge on any atom is 0.310 e. The lowest BCUT2D eigenvalue weighted by molar-refractivity contribution is -0.386. The maximum atomic E-state index is 11.0. The number of nitro groups is 1. The summed E-state index contributed by atoms with van der Waals surface area (Å²) in [6.45, 7) is 2.47. The Morgan fingerprint density at radius 1 is 1.42 bits per heavy atom. The van der Waals surface area contributed by atoms with Crippen molar-refractivity contribution >= 4 is 5.69 Å². The molecule has 5 heteroatoms. The van der Waals surface area contributed by atoms with E-state index in [0.29, 0.717) is 18.2 Å². The minimum absolute atomic E-state index is 0.000694. The highest BCUT2D eigenvalue weighted by Crippen LogP contribution is 2.33. The summed E-state index contributed by atoms with van der Waals surface area (Å²) in [6, 6.07) is 4.97. The number of benzene rings is 1. The summed E-state index contributed by atoms with van der Waals surface area (Å²) < 4.78 is 5.91. The van der Waals surface area contributed by atoms with Crippen molar-refractivity contribution in [3.05, 3.63) is 33.9 Å². The minimum atomic E-state index is -0.394. The number of nitrogens with two attached hydrogens (primary N) is 1. The van der Waals surface area contributed by atoms with E-state index in [0.717, 1.165) is 31.2 Å². The Morgan fingerprint density at radius 2 is 2.16 bits per heavy atom. The highest BCUT2D eigenvalue weighted by molar-refractivity contribution is 5.48. The van der Waals surface area contributed by atoms with Gasteiger partial charge in [-0.1, -0.05) is 12.5 Å². The van der Waals surface area contributed by atoms with Gasteiger partial charge in [0.15, 0.2) is 5.75 Å². The van der Waals surface area contributed by atoms with Gasteiger partial charge in [0, 0.05) is 12.0 Å². The lowest BCUT2D eigenvalue weighted by Gasteiger charge is -2.30. The fourth-order valence-corrected chi connectivity index (χ4v) is 2.63. The maximum absolute atomic E-state index is 11.0. The Morgan fingerprint density at radius 3 is 2.84 bits per heavy atom. The zero-order chi connectivity index (χ0) is 13.8. The molecular formula is C14H20N2O3. The molecule has 1 aliphatic rings. The molecular weight excluding hydrogens is 244 g/mol. The first-order valence-corrected chi connectivity index (χ1v) is 6.73. The van der Waals surface area contributed by atoms with Crippen LogP contribution in [0.2, 0.25) is 0 Å². The van der Waals surface area contributed by atoms with E-state index in [-0.39, 0.29) is 11.8 Å². The van der Waals surface area contributed by atoms with E-state index in [9.17, 15) is 10.1 Å². The third-order valence-corrected chi connectivity index (χ3v) is 3.73. The van der Waals surface area contributed by atoms with Crippen LogP contribution < -0.4 is 10.5 Å². The summed E-state index contributed by atoms with van der Waals surface area (Å²) in [4.78, 5) is 10.6. The smallest absolute Gasteiger partial charge is 0.310 e. The number of ether oxygens (including phenoxy) is 1. The van der Waals surface area contributed by atoms with Gasteiger partial charge in [0.25, 0.3) is 0 Å². The van der Waals surface area contributed by atoms with Crippen LogP contribution >= 0.6 is 0 Å². The second-order valence-electron chi connectivity index (χ2n) is 5.16. The molecule has 2 N–H and O–H groups in total. The van der Waals surface area contributed by atoms with E-state index < -0.39 is 4.92 Å². The molecule has 104 valence electrons. The Kier molecular flexibility index (Phi) is 4.37. The molecule has 0 radical (unpaired) electrons. The normalized spacial score (nSPS) is 23.1. The van der Waals surface area contributed by atoms with Crippen molar-refractivity contribution in [1.82, 2.24) is 0 Å². The van der Waals surface area contributed by atoms with Crippen LogP contribution in [-0.2, 0) is 0 Å². The average Bonchev–Trinajstić information content (AvgIpc) is 2.39. The largest absolute Gasteiger partial charge is 0.483 e. The first-order chi connectivity index (χ1) is 9.11. The van der Waals surface area contributed by atoms with E-state index in [1.807, 2.05) is 6.92 Å². The summed E-state index contributed by atoms with van der Waals surface area (Å²) in [7, 11) is 0. The van der Waals surface area contributed by atoms with E-state index in [4.69, 9.17) is 10.5 Å². The Hall–Kier alpha value is -1.62. The third-order valence-electron chi connectivity index (χ3n) is 3.73. The highest BCUT2D eigenvalue weighted by Gasteiger charge is 2.28. The summed E-state index contributed by atoms with van der Waals surface area (Å²) in [5.41, 5.74) is 6.75. The van der Waals surface area contributed by atoms with E-state index in [2.05, 4.69) is 0 Å². The number of hydrogen-bond donors (Lipinski definition) is 1. The van der Waals surface area contributed by atoms with Crippen LogP contribution in [-0.4, -0.2) is 17.6 Å². The van der Waals surface area contributed by atoms with Gasteiger partial charge in [0.2, 0.25) is 0 Å². The monoisotopic (exact) mass is 264 g/mol. The van der Waals surface area contributed by atoms with Crippen LogP contribution in [0, 0.1) is 23.0 Å². The van der Waals surface area contributed by atoms with Crippen molar-refractivity contribution in [2.45, 2.75) is 38.7 Å². The molecule has 1 aromatic rings. The van der Waals surface area contributed by atoms with Crippen molar-refractivity contribution in [3.8, 4) is 5.75 Å². The summed E-state index contributed by atoms with van der Waals surface area (Å²) in [6.07, 6.45) is 4.23. The molecule has 2 rings (SSSR count). The van der Waals surface area contributed by atoms with Crippen molar-refractivity contribution in [3.63, 3.8) is 0 Å². The molecule has 1 fully saturated rings. The minimum Gasteiger partial charge on any atom is -0.483 e. The van der Waals surface area contributed by atoms with Crippen LogP contribution in [0.1, 0.15) is 31.2 Å². The molecule has 2 atom stereocenters. The predicted molar refractivity (Wildman–Crippen MR) is 73.3 cm³/mol. The molecule has 0 bridgehead atoms. The molecule has 0 spiro atoms. The van der Waals surface area contributed by atoms with Gasteiger partial charge < -0.3 is 10.5 Å². The molecule has 0 amide bonds. The molecule has 0 aromatic heterocycles. The number of aryl methyl sites for hydroxylation is 1. The van der Waals surface area contributed by atoms with Gasteiger partial charge in [0.05, 0.1) is 4.92 Å². The van der Waals surface area contributed by atoms with Crippen molar-refractivity contribution in [1.29, 1.82) is 0 Å². The van der Waals surface area contributed by atoms with Gasteiger partial charge in [0.1, 0.15) is 6.10 Å². The van der Waals surface area contributed by atoms with Gasteiger partial charge >= 0.3 is 5.69 Å². The van der Waals surface area contributed by atoms with Gasteiger partial charge in [-0.25, -0.2) is 0 Å². The van der Waals surface area contributed by atoms with Crippen LogP contribution in [0.3, 0.4) is 0 Å². The molecule has 0 heterocycles. The predicted octanol–water partition coefficient (Wildman–Crippen LogP) is 2.80. The molecule has 5 nitrogen and oxygen atoms in total. The van der Waals surface area contributed by atoms with E-state index >= 15 is 0 Å². The van der Waals surface area contributed by atoms with Crippen LogP contribution in [0.4, 0.5) is 5.69 Å². The fourth-order valence-electron chi connectivity index (χ4n) is 2.63. The van der Waals surface area contributed by atoms with Crippen molar-refractivity contribution < 1.29 is 9.66 Å². The molecule has 1 aliphatic carbocycles. The third kappa shape index (κ3) is 3.23. The lowest BCUT2D eigenvalue weighted by Crippen LogP contribution is -2.35. The molecule has 0 aliphatic heterocycles. The quantitative estimate of drug-likeness (QED) is 0.670. The summed E-state index contributed by atoms with van der Waals surface area (Å²) in [5, 5.41) is 11.0. The standard InChI is InChI=1S/C14H20N2O3/c1-10-6-7-12(16(17)18)14(8-10)19-13-5-3-2-4-11(13)9-15/h6-8,11,13H,2-5,9,15H2,1H3. The average molecular weight is 264 g/mol. The van der Waals surface area contributed by atoms with E-state index in [1.54, 1.807) is 12.1 Å². The molecule has 19 heavy (non-hydrogen) atoms. The van der Waals surface area contributed by atoms with Gasteiger partial charge in [-0.15, -0.1) is 0 Å². The van der Waals surface area contributed by atoms with Gasteiger partial charge in [-0.3, -0.25) is 10.1 Å². The molecule has 1 aromatic carbocycles. The summed E-state index contributed by atoms with van der Waals surface area (Å²) in [5.74, 6) is 0.671. The SMILES string of the molecule is Cc1ccc([N+](=O)[O-])c(OC2CCCCC2CN)c1. The Labute approximate surface area is 112 Å². The van der Waals surface area contributed by atoms with Crippen molar-refractivity contribution in [2.75, 3.05) is 6.54 Å². The Bertz CT molecular complexity index is 462. The second-order valence-corrected chi connectivity index (χ2v) is 5.16.